The van der Waals surface area contributed by atoms with Crippen LogP contribution >= 0.6 is 57.1 Å². The number of nitrogens with zero attached hydrogens (tertiary/aromatic N) is 2. The van der Waals surface area contributed by atoms with Crippen molar-refractivity contribution < 1.29 is 14.0 Å². The van der Waals surface area contributed by atoms with Crippen LogP contribution in [-0.2, 0) is 12.8 Å². The second kappa shape index (κ2) is 15.8. The first-order valence-electron chi connectivity index (χ1n) is 18.7. The molecule has 1 aromatic carbocycles. The minimum atomic E-state index is -0.344. The van der Waals surface area contributed by atoms with Crippen LogP contribution in [-0.4, -0.2) is 20.3 Å². The summed E-state index contributed by atoms with van der Waals surface area (Å²) in [7, 11) is 0. The molecule has 10 heteroatoms. The van der Waals surface area contributed by atoms with Crippen LogP contribution in [0.1, 0.15) is 130 Å². The van der Waals surface area contributed by atoms with Crippen LogP contribution in [0.3, 0.4) is 0 Å². The van der Waals surface area contributed by atoms with Crippen molar-refractivity contribution in [1.82, 2.24) is 8.75 Å². The van der Waals surface area contributed by atoms with Crippen molar-refractivity contribution in [1.29, 1.82) is 0 Å². The Morgan fingerprint density at radius 1 is 0.654 bits per heavy atom. The van der Waals surface area contributed by atoms with Crippen LogP contribution in [0.15, 0.2) is 30.3 Å². The van der Waals surface area contributed by atoms with Gasteiger partial charge in [-0.15, -0.1) is 45.3 Å². The molecule has 2 atom stereocenters. The lowest BCUT2D eigenvalue weighted by molar-refractivity contribution is 0.0979. The van der Waals surface area contributed by atoms with Crippen LogP contribution in [0, 0.1) is 31.5 Å². The normalized spacial score (nSPS) is 14.0. The van der Waals surface area contributed by atoms with E-state index in [1.807, 2.05) is 38.1 Å². The highest BCUT2D eigenvalue weighted by Gasteiger charge is 2.41. The van der Waals surface area contributed by atoms with Gasteiger partial charge in [-0.05, 0) is 68.9 Å². The summed E-state index contributed by atoms with van der Waals surface area (Å²) in [5, 5.41) is 0. The summed E-state index contributed by atoms with van der Waals surface area (Å²) in [6.45, 7) is 12.9. The molecule has 0 spiro atoms. The lowest BCUT2D eigenvalue weighted by atomic mass is 9.81. The Balaban J connectivity index is 1.30. The highest BCUT2D eigenvalue weighted by Crippen LogP contribution is 2.50. The molecule has 7 rings (SSSR count). The molecule has 0 N–H and O–H groups in total. The molecular formula is C42H45FN2O2S5. The minimum absolute atomic E-state index is 0.00605. The standard InChI is InChI=1S/C42H45FN2O2S5/c1-7-11-13-24(9-3)19-31-35-36(32(51-31)20-25(10-4)14-12-8-2)41(47)37-33(40(35)46)23(6)49-42(37)30-18-17-29(50-30)34-27(43)21-26(28-16-15-22(5)48-28)38-39(34)45-52-44-38/h15-18,21,24-25H,7-14,19-20H2,1-6H3. The number of ketones is 2. The Labute approximate surface area is 326 Å². The Hall–Kier alpha value is -2.89. The summed E-state index contributed by atoms with van der Waals surface area (Å²) < 4.78 is 25.2. The summed E-state index contributed by atoms with van der Waals surface area (Å²) in [6, 6.07) is 9.51. The number of aryl methyl sites for hydroxylation is 2. The number of hydrogen-bond donors (Lipinski definition) is 0. The van der Waals surface area contributed by atoms with Crippen molar-refractivity contribution >= 4 is 79.7 Å². The molecule has 1 aliphatic carbocycles. The predicted molar refractivity (Wildman–Crippen MR) is 222 cm³/mol. The van der Waals surface area contributed by atoms with Crippen LogP contribution < -0.4 is 0 Å². The van der Waals surface area contributed by atoms with Gasteiger partial charge in [0.05, 0.1) is 27.7 Å². The van der Waals surface area contributed by atoms with E-state index in [1.165, 1.54) is 35.5 Å². The van der Waals surface area contributed by atoms with Gasteiger partial charge in [-0.25, -0.2) is 4.39 Å². The second-order valence-electron chi connectivity index (χ2n) is 14.2. The largest absolute Gasteiger partial charge is 0.288 e. The lowest BCUT2D eigenvalue weighted by Crippen LogP contribution is -2.22. The fraction of sp³-hybridized carbons (Fsp3) is 0.429. The number of hydrogen-bond acceptors (Lipinski definition) is 9. The average molecular weight is 789 g/mol. The number of fused-ring (bicyclic) bond motifs is 3. The van der Waals surface area contributed by atoms with Gasteiger partial charge in [-0.1, -0.05) is 79.1 Å². The van der Waals surface area contributed by atoms with Crippen molar-refractivity contribution in [3.8, 4) is 30.6 Å². The average Bonchev–Trinajstić information content (AvgIpc) is 3.98. The molecule has 0 radical (unpaired) electrons. The van der Waals surface area contributed by atoms with E-state index < -0.39 is 0 Å². The molecule has 2 unspecified atom stereocenters. The fourth-order valence-electron chi connectivity index (χ4n) is 7.67. The number of carbonyl (C=O) groups excluding carboxylic acids is 2. The summed E-state index contributed by atoms with van der Waals surface area (Å²) in [4.78, 5) is 37.2. The maximum atomic E-state index is 16.1. The number of aromatic nitrogens is 2. The van der Waals surface area contributed by atoms with Crippen molar-refractivity contribution in [3.05, 3.63) is 77.9 Å². The van der Waals surface area contributed by atoms with Gasteiger partial charge in [-0.2, -0.15) is 8.75 Å². The van der Waals surface area contributed by atoms with E-state index in [0.29, 0.717) is 50.7 Å². The van der Waals surface area contributed by atoms with Crippen LogP contribution in [0.25, 0.3) is 41.7 Å². The highest BCUT2D eigenvalue weighted by molar-refractivity contribution is 7.24. The topological polar surface area (TPSA) is 59.9 Å². The first kappa shape index (κ1) is 37.4. The zero-order chi connectivity index (χ0) is 36.7. The molecule has 6 aromatic rings. The quantitative estimate of drug-likeness (QED) is 0.104. The van der Waals surface area contributed by atoms with Gasteiger partial charge >= 0.3 is 0 Å². The summed E-state index contributed by atoms with van der Waals surface area (Å²) in [5.41, 5.74) is 4.86. The molecule has 0 saturated heterocycles. The van der Waals surface area contributed by atoms with Crippen LogP contribution in [0.4, 0.5) is 4.39 Å². The van der Waals surface area contributed by atoms with Gasteiger partial charge < -0.3 is 0 Å². The van der Waals surface area contributed by atoms with E-state index in [-0.39, 0.29) is 17.4 Å². The van der Waals surface area contributed by atoms with Crippen molar-refractivity contribution in [2.45, 2.75) is 106 Å². The number of unbranched alkanes of at least 4 members (excludes halogenated alkanes) is 2. The second-order valence-corrected chi connectivity index (χ2v) is 19.5. The molecule has 1 aliphatic rings. The summed E-state index contributed by atoms with van der Waals surface area (Å²) >= 11 is 7.40. The van der Waals surface area contributed by atoms with Crippen molar-refractivity contribution in [2.24, 2.45) is 11.8 Å². The number of rotatable bonds is 15. The Kier molecular flexibility index (Phi) is 11.4. The van der Waals surface area contributed by atoms with E-state index in [4.69, 9.17) is 0 Å². The smallest absolute Gasteiger partial charge is 0.197 e. The summed E-state index contributed by atoms with van der Waals surface area (Å²) in [6.07, 6.45) is 10.7. The molecule has 5 aromatic heterocycles. The molecule has 0 bridgehead atoms. The lowest BCUT2D eigenvalue weighted by Gasteiger charge is -2.19. The van der Waals surface area contributed by atoms with Gasteiger partial charge in [0.15, 0.2) is 11.6 Å². The summed E-state index contributed by atoms with van der Waals surface area (Å²) in [5.74, 6) is 0.618. The van der Waals surface area contributed by atoms with Crippen LogP contribution in [0.2, 0.25) is 0 Å². The molecule has 0 amide bonds. The van der Waals surface area contributed by atoms with Gasteiger partial charge in [0.1, 0.15) is 16.9 Å². The van der Waals surface area contributed by atoms with Gasteiger partial charge in [-0.3, -0.25) is 9.59 Å². The maximum absolute atomic E-state index is 16.1. The van der Waals surface area contributed by atoms with E-state index in [9.17, 15) is 9.59 Å². The van der Waals surface area contributed by atoms with E-state index in [1.54, 1.807) is 28.7 Å². The van der Waals surface area contributed by atoms with Gasteiger partial charge in [0.25, 0.3) is 0 Å². The van der Waals surface area contributed by atoms with Gasteiger partial charge in [0, 0.05) is 56.4 Å². The Bertz CT molecular complexity index is 2270. The third-order valence-electron chi connectivity index (χ3n) is 10.7. The molecule has 52 heavy (non-hydrogen) atoms. The minimum Gasteiger partial charge on any atom is -0.288 e. The SMILES string of the molecule is CCCCC(CC)Cc1sc(CC(CC)CCCC)c2c1C(=O)c1c(C)sc(-c3ccc(-c4c(F)cc(-c5ccc(C)s5)c5nsnc45)s3)c1C2=O. The highest BCUT2D eigenvalue weighted by atomic mass is 32.1. The molecule has 5 heterocycles. The fourth-order valence-corrected chi connectivity index (χ4v) is 13.0. The Morgan fingerprint density at radius 3 is 1.85 bits per heavy atom. The molecular weight excluding hydrogens is 744 g/mol. The van der Waals surface area contributed by atoms with Gasteiger partial charge in [0.2, 0.25) is 0 Å². The molecule has 0 aliphatic heterocycles. The number of benzene rings is 1. The number of halogens is 1. The maximum Gasteiger partial charge on any atom is 0.197 e. The predicted octanol–water partition coefficient (Wildman–Crippen LogP) is 14.0. The van der Waals surface area contributed by atoms with Crippen molar-refractivity contribution in [3.63, 3.8) is 0 Å². The van der Waals surface area contributed by atoms with E-state index >= 15 is 4.39 Å². The molecule has 272 valence electrons. The monoisotopic (exact) mass is 788 g/mol. The van der Waals surface area contributed by atoms with Crippen LogP contribution in [0.5, 0.6) is 0 Å². The Morgan fingerprint density at radius 2 is 1.25 bits per heavy atom. The zero-order valence-corrected chi connectivity index (χ0v) is 34.8. The number of carbonyl (C=O) groups is 2. The number of thiophene rings is 4. The molecule has 0 saturated carbocycles. The molecule has 0 fully saturated rings. The third kappa shape index (κ3) is 6.83. The first-order chi connectivity index (χ1) is 25.2. The van der Waals surface area contributed by atoms with Crippen molar-refractivity contribution in [2.75, 3.05) is 0 Å². The van der Waals surface area contributed by atoms with E-state index in [2.05, 4.69) is 36.4 Å². The first-order valence-corrected chi connectivity index (χ1v) is 22.7. The third-order valence-corrected chi connectivity index (χ3v) is 15.8. The molecule has 4 nitrogen and oxygen atoms in total. The van der Waals surface area contributed by atoms with E-state index in [0.717, 1.165) is 108 Å². The zero-order valence-electron chi connectivity index (χ0n) is 30.7.